The number of hydrogen-bond donors (Lipinski definition) is 2. The van der Waals surface area contributed by atoms with E-state index in [9.17, 15) is 4.79 Å². The Balaban J connectivity index is 1.48. The molecule has 3 heterocycles. The molecule has 1 amide bonds. The lowest BCUT2D eigenvalue weighted by Crippen LogP contribution is -2.53. The van der Waals surface area contributed by atoms with Crippen LogP contribution in [0.4, 0.5) is 0 Å². The van der Waals surface area contributed by atoms with Crippen LogP contribution in [0.25, 0.3) is 0 Å². The van der Waals surface area contributed by atoms with Gasteiger partial charge in [0.05, 0.1) is 11.7 Å². The van der Waals surface area contributed by atoms with Gasteiger partial charge >= 0.3 is 0 Å². The number of amides is 1. The number of pyridine rings is 1. The highest BCUT2D eigenvalue weighted by Gasteiger charge is 2.30. The third-order valence-corrected chi connectivity index (χ3v) is 4.81. The average Bonchev–Trinajstić information content (AvgIpc) is 3.05. The van der Waals surface area contributed by atoms with Gasteiger partial charge in [0.2, 0.25) is 5.91 Å². The van der Waals surface area contributed by atoms with Crippen molar-refractivity contribution in [2.75, 3.05) is 19.6 Å². The standard InChI is InChI=1S/C17H26N4O/c1-13-11-21(12-14-5-2-3-8-18-14)10-7-15(13)20-17(22)16-6-4-9-19-16/h2-3,5,8,13,15-16,19H,4,6-7,9-12H2,1H3,(H,20,22). The fourth-order valence-corrected chi connectivity index (χ4v) is 3.50. The minimum Gasteiger partial charge on any atom is -0.352 e. The van der Waals surface area contributed by atoms with E-state index in [-0.39, 0.29) is 11.9 Å². The number of carbonyl (C=O) groups is 1. The molecule has 0 saturated carbocycles. The molecule has 2 N–H and O–H groups in total. The molecule has 0 aromatic carbocycles. The van der Waals surface area contributed by atoms with Gasteiger partial charge in [-0.2, -0.15) is 0 Å². The summed E-state index contributed by atoms with van der Waals surface area (Å²) in [5, 5.41) is 6.52. The number of aromatic nitrogens is 1. The van der Waals surface area contributed by atoms with E-state index in [2.05, 4.69) is 33.5 Å². The molecule has 3 atom stereocenters. The van der Waals surface area contributed by atoms with E-state index in [1.807, 2.05) is 18.3 Å². The first-order valence-corrected chi connectivity index (χ1v) is 8.38. The van der Waals surface area contributed by atoms with E-state index < -0.39 is 0 Å². The fourth-order valence-electron chi connectivity index (χ4n) is 3.50. The van der Waals surface area contributed by atoms with Gasteiger partial charge in [-0.05, 0) is 43.9 Å². The van der Waals surface area contributed by atoms with Gasteiger partial charge < -0.3 is 10.6 Å². The maximum Gasteiger partial charge on any atom is 0.237 e. The molecule has 0 aliphatic carbocycles. The molecule has 0 bridgehead atoms. The highest BCUT2D eigenvalue weighted by Crippen LogP contribution is 2.19. The molecule has 2 aliphatic rings. The van der Waals surface area contributed by atoms with Crippen LogP contribution in [0.1, 0.15) is 31.9 Å². The van der Waals surface area contributed by atoms with Gasteiger partial charge in [0.25, 0.3) is 0 Å². The average molecular weight is 302 g/mol. The predicted octanol–water partition coefficient (Wildman–Crippen LogP) is 1.16. The van der Waals surface area contributed by atoms with Gasteiger partial charge in [-0.25, -0.2) is 0 Å². The zero-order chi connectivity index (χ0) is 15.4. The minimum absolute atomic E-state index is 0.0266. The Morgan fingerprint density at radius 2 is 2.36 bits per heavy atom. The summed E-state index contributed by atoms with van der Waals surface area (Å²) in [6.45, 7) is 6.13. The minimum atomic E-state index is 0.0266. The summed E-state index contributed by atoms with van der Waals surface area (Å²) in [6, 6.07) is 6.39. The van der Waals surface area contributed by atoms with Gasteiger partial charge in [0.1, 0.15) is 0 Å². The summed E-state index contributed by atoms with van der Waals surface area (Å²) in [4.78, 5) is 19.1. The smallest absolute Gasteiger partial charge is 0.237 e. The first-order chi connectivity index (χ1) is 10.7. The van der Waals surface area contributed by atoms with Crippen molar-refractivity contribution in [3.05, 3.63) is 30.1 Å². The summed E-state index contributed by atoms with van der Waals surface area (Å²) in [5.74, 6) is 0.662. The van der Waals surface area contributed by atoms with Crippen molar-refractivity contribution in [2.24, 2.45) is 5.92 Å². The van der Waals surface area contributed by atoms with Crippen molar-refractivity contribution in [1.29, 1.82) is 0 Å². The van der Waals surface area contributed by atoms with E-state index in [1.54, 1.807) is 0 Å². The molecule has 1 aromatic rings. The molecule has 0 spiro atoms. The quantitative estimate of drug-likeness (QED) is 0.876. The van der Waals surface area contributed by atoms with E-state index in [0.717, 1.165) is 51.1 Å². The molecule has 2 fully saturated rings. The second kappa shape index (κ2) is 7.20. The van der Waals surface area contributed by atoms with E-state index in [1.165, 1.54) is 0 Å². The lowest BCUT2D eigenvalue weighted by atomic mass is 9.93. The van der Waals surface area contributed by atoms with Crippen molar-refractivity contribution in [3.63, 3.8) is 0 Å². The third-order valence-electron chi connectivity index (χ3n) is 4.81. The van der Waals surface area contributed by atoms with Crippen molar-refractivity contribution in [2.45, 2.75) is 44.8 Å². The Morgan fingerprint density at radius 1 is 1.45 bits per heavy atom. The van der Waals surface area contributed by atoms with E-state index in [0.29, 0.717) is 12.0 Å². The first-order valence-electron chi connectivity index (χ1n) is 8.38. The van der Waals surface area contributed by atoms with E-state index >= 15 is 0 Å². The molecule has 0 radical (unpaired) electrons. The Labute approximate surface area is 132 Å². The SMILES string of the molecule is CC1CN(Cc2ccccn2)CCC1NC(=O)C1CCCN1. The maximum absolute atomic E-state index is 12.2. The van der Waals surface area contributed by atoms with Crippen LogP contribution in [0.5, 0.6) is 0 Å². The van der Waals surface area contributed by atoms with Gasteiger partial charge in [0.15, 0.2) is 0 Å². The van der Waals surface area contributed by atoms with Crippen LogP contribution in [-0.2, 0) is 11.3 Å². The first kappa shape index (κ1) is 15.4. The van der Waals surface area contributed by atoms with Crippen LogP contribution in [0.3, 0.4) is 0 Å². The van der Waals surface area contributed by atoms with Crippen LogP contribution >= 0.6 is 0 Å². The number of nitrogens with zero attached hydrogens (tertiary/aromatic N) is 2. The molecule has 1 aromatic heterocycles. The molecule has 5 nitrogen and oxygen atoms in total. The van der Waals surface area contributed by atoms with E-state index in [4.69, 9.17) is 0 Å². The molecular weight excluding hydrogens is 276 g/mol. The Hall–Kier alpha value is -1.46. The molecule has 2 saturated heterocycles. The molecular formula is C17H26N4O. The van der Waals surface area contributed by atoms with Crippen molar-refractivity contribution in [1.82, 2.24) is 20.5 Å². The highest BCUT2D eigenvalue weighted by molar-refractivity contribution is 5.82. The summed E-state index contributed by atoms with van der Waals surface area (Å²) >= 11 is 0. The second-order valence-corrected chi connectivity index (χ2v) is 6.59. The van der Waals surface area contributed by atoms with Gasteiger partial charge in [-0.15, -0.1) is 0 Å². The number of nitrogens with one attached hydrogen (secondary N) is 2. The molecule has 5 heteroatoms. The fraction of sp³-hybridized carbons (Fsp3) is 0.647. The number of carbonyl (C=O) groups excluding carboxylic acids is 1. The van der Waals surface area contributed by atoms with Crippen LogP contribution in [-0.4, -0.2) is 47.5 Å². The van der Waals surface area contributed by atoms with Gasteiger partial charge in [-0.1, -0.05) is 13.0 Å². The number of likely N-dealkylation sites (tertiary alicyclic amines) is 1. The molecule has 120 valence electrons. The molecule has 2 aliphatic heterocycles. The Kier molecular flexibility index (Phi) is 5.05. The van der Waals surface area contributed by atoms with Crippen LogP contribution in [0, 0.1) is 5.92 Å². The monoisotopic (exact) mass is 302 g/mol. The zero-order valence-corrected chi connectivity index (χ0v) is 13.3. The molecule has 3 unspecified atom stereocenters. The summed E-state index contributed by atoms with van der Waals surface area (Å²) in [7, 11) is 0. The van der Waals surface area contributed by atoms with Crippen LogP contribution in [0.2, 0.25) is 0 Å². The van der Waals surface area contributed by atoms with Gasteiger partial charge in [-0.3, -0.25) is 14.7 Å². The van der Waals surface area contributed by atoms with Crippen LogP contribution in [0.15, 0.2) is 24.4 Å². The van der Waals surface area contributed by atoms with Gasteiger partial charge in [0, 0.05) is 31.9 Å². The Bertz CT molecular complexity index is 487. The lowest BCUT2D eigenvalue weighted by Gasteiger charge is -2.37. The topological polar surface area (TPSA) is 57.3 Å². The summed E-state index contributed by atoms with van der Waals surface area (Å²) in [6.07, 6.45) is 4.95. The van der Waals surface area contributed by atoms with Crippen molar-refractivity contribution < 1.29 is 4.79 Å². The molecule has 22 heavy (non-hydrogen) atoms. The van der Waals surface area contributed by atoms with Crippen LogP contribution < -0.4 is 10.6 Å². The summed E-state index contributed by atoms with van der Waals surface area (Å²) in [5.41, 5.74) is 1.12. The highest BCUT2D eigenvalue weighted by atomic mass is 16.2. The molecule has 3 rings (SSSR count). The maximum atomic E-state index is 12.2. The normalized spacial score (nSPS) is 29.4. The Morgan fingerprint density at radius 3 is 3.05 bits per heavy atom. The third kappa shape index (κ3) is 3.84. The largest absolute Gasteiger partial charge is 0.352 e. The number of piperidine rings is 1. The lowest BCUT2D eigenvalue weighted by molar-refractivity contribution is -0.124. The van der Waals surface area contributed by atoms with Crippen molar-refractivity contribution in [3.8, 4) is 0 Å². The van der Waals surface area contributed by atoms with Crippen molar-refractivity contribution >= 4 is 5.91 Å². The number of rotatable bonds is 4. The second-order valence-electron chi connectivity index (χ2n) is 6.59. The number of hydrogen-bond acceptors (Lipinski definition) is 4. The zero-order valence-electron chi connectivity index (χ0n) is 13.3. The predicted molar refractivity (Wildman–Crippen MR) is 86.3 cm³/mol. The summed E-state index contributed by atoms with van der Waals surface area (Å²) < 4.78 is 0.